The third-order valence-electron chi connectivity index (χ3n) is 7.02. The van der Waals surface area contributed by atoms with Gasteiger partial charge in [0.25, 0.3) is 0 Å². The molecule has 1 saturated carbocycles. The highest BCUT2D eigenvalue weighted by Crippen LogP contribution is 2.54. The molecule has 0 bridgehead atoms. The summed E-state index contributed by atoms with van der Waals surface area (Å²) in [5, 5.41) is 8.68. The number of piperidine rings is 1. The summed E-state index contributed by atoms with van der Waals surface area (Å²) < 4.78 is 56.4. The molecule has 3 aromatic rings. The normalized spacial score (nSPS) is 17.5. The lowest BCUT2D eigenvalue weighted by Crippen LogP contribution is -2.40. The average molecular weight is 559 g/mol. The minimum absolute atomic E-state index is 0.152. The molecule has 2 fully saturated rings. The van der Waals surface area contributed by atoms with Gasteiger partial charge in [-0.3, -0.25) is 4.72 Å². The maximum atomic E-state index is 12.9. The lowest BCUT2D eigenvalue weighted by molar-refractivity contribution is 0.384. The molecule has 2 N–H and O–H groups in total. The third-order valence-corrected chi connectivity index (χ3v) is 9.38. The first-order chi connectivity index (χ1) is 17.7. The molecule has 0 atom stereocenters. The van der Waals surface area contributed by atoms with Crippen molar-refractivity contribution in [2.24, 2.45) is 5.41 Å². The van der Waals surface area contributed by atoms with Crippen molar-refractivity contribution in [1.82, 2.24) is 19.7 Å². The molecule has 1 aliphatic heterocycles. The molecule has 38 heavy (non-hydrogen) atoms. The monoisotopic (exact) mass is 558 g/mol. The predicted molar refractivity (Wildman–Crippen MR) is 148 cm³/mol. The molecule has 0 amide bonds. The Hall–Kier alpha value is -2.96. The molecule has 1 saturated heterocycles. The van der Waals surface area contributed by atoms with E-state index in [9.17, 15) is 16.8 Å². The van der Waals surface area contributed by atoms with E-state index in [1.165, 1.54) is 12.8 Å². The molecule has 12 heteroatoms. The van der Waals surface area contributed by atoms with Gasteiger partial charge in [0.2, 0.25) is 20.0 Å². The standard InChI is InChI=1S/C26H34N6O4S2/c1-25(2,3)29-38(35,36)21-7-5-6-19(16-21)22-18-32(30-27-22)23-9-8-20(28-37(4,33)34)17-24(23)31-14-12-26(10-11-26)13-15-31/h5-9,16-18,28-29H,10-15H2,1-4H3. The van der Waals surface area contributed by atoms with Gasteiger partial charge >= 0.3 is 0 Å². The van der Waals surface area contributed by atoms with E-state index >= 15 is 0 Å². The van der Waals surface area contributed by atoms with Crippen molar-refractivity contribution in [3.63, 3.8) is 0 Å². The van der Waals surface area contributed by atoms with Gasteiger partial charge in [-0.05, 0) is 82.2 Å². The van der Waals surface area contributed by atoms with E-state index < -0.39 is 25.6 Å². The number of hydrogen-bond acceptors (Lipinski definition) is 7. The number of aromatic nitrogens is 3. The summed E-state index contributed by atoms with van der Waals surface area (Å²) in [6.07, 6.45) is 7.70. The van der Waals surface area contributed by atoms with E-state index in [-0.39, 0.29) is 4.90 Å². The molecule has 5 rings (SSSR count). The highest BCUT2D eigenvalue weighted by atomic mass is 32.2. The molecule has 204 valence electrons. The fourth-order valence-corrected chi connectivity index (χ4v) is 6.96. The molecular weight excluding hydrogens is 524 g/mol. The molecular formula is C26H34N6O4S2. The van der Waals surface area contributed by atoms with Crippen LogP contribution < -0.4 is 14.3 Å². The molecule has 0 radical (unpaired) electrons. The zero-order valence-corrected chi connectivity index (χ0v) is 23.7. The van der Waals surface area contributed by atoms with Gasteiger partial charge in [0.1, 0.15) is 5.69 Å². The molecule has 2 heterocycles. The van der Waals surface area contributed by atoms with Crippen LogP contribution in [0.25, 0.3) is 16.9 Å². The number of nitrogens with one attached hydrogen (secondary N) is 2. The minimum Gasteiger partial charge on any atom is -0.370 e. The number of benzene rings is 2. The summed E-state index contributed by atoms with van der Waals surface area (Å²) >= 11 is 0. The van der Waals surface area contributed by atoms with Gasteiger partial charge in [-0.25, -0.2) is 26.2 Å². The van der Waals surface area contributed by atoms with E-state index in [1.54, 1.807) is 62.0 Å². The second kappa shape index (κ2) is 9.35. The van der Waals surface area contributed by atoms with Crippen LogP contribution in [-0.4, -0.2) is 56.7 Å². The van der Waals surface area contributed by atoms with Crippen LogP contribution in [0.2, 0.25) is 0 Å². The zero-order valence-electron chi connectivity index (χ0n) is 22.1. The van der Waals surface area contributed by atoms with Crippen molar-refractivity contribution >= 4 is 31.4 Å². The minimum atomic E-state index is -3.71. The summed E-state index contributed by atoms with van der Waals surface area (Å²) in [7, 11) is -7.14. The van der Waals surface area contributed by atoms with E-state index in [0.717, 1.165) is 43.6 Å². The number of rotatable bonds is 7. The van der Waals surface area contributed by atoms with Gasteiger partial charge in [-0.1, -0.05) is 17.3 Å². The highest BCUT2D eigenvalue weighted by molar-refractivity contribution is 7.92. The van der Waals surface area contributed by atoms with Crippen LogP contribution in [-0.2, 0) is 20.0 Å². The van der Waals surface area contributed by atoms with E-state index in [1.807, 2.05) is 12.1 Å². The number of nitrogens with zero attached hydrogens (tertiary/aromatic N) is 4. The van der Waals surface area contributed by atoms with Gasteiger partial charge in [-0.15, -0.1) is 5.10 Å². The van der Waals surface area contributed by atoms with Crippen LogP contribution in [0, 0.1) is 5.41 Å². The van der Waals surface area contributed by atoms with Crippen LogP contribution in [0.15, 0.2) is 53.6 Å². The second-order valence-corrected chi connectivity index (χ2v) is 14.9. The van der Waals surface area contributed by atoms with Crippen molar-refractivity contribution in [3.05, 3.63) is 48.7 Å². The van der Waals surface area contributed by atoms with Crippen LogP contribution in [0.3, 0.4) is 0 Å². The van der Waals surface area contributed by atoms with Gasteiger partial charge in [-0.2, -0.15) is 0 Å². The molecule has 1 aliphatic carbocycles. The van der Waals surface area contributed by atoms with Crippen LogP contribution >= 0.6 is 0 Å². The van der Waals surface area contributed by atoms with Crippen molar-refractivity contribution in [2.45, 2.75) is 56.9 Å². The topological polar surface area (TPSA) is 126 Å². The fourth-order valence-electron chi connectivity index (χ4n) is 4.95. The smallest absolute Gasteiger partial charge is 0.241 e. The number of anilines is 2. The molecule has 0 unspecified atom stereocenters. The Morgan fingerprint density at radius 3 is 2.26 bits per heavy atom. The van der Waals surface area contributed by atoms with E-state index in [2.05, 4.69) is 24.7 Å². The molecule has 1 aromatic heterocycles. The van der Waals surface area contributed by atoms with Gasteiger partial charge in [0.15, 0.2) is 0 Å². The van der Waals surface area contributed by atoms with Crippen molar-refractivity contribution < 1.29 is 16.8 Å². The van der Waals surface area contributed by atoms with Crippen LogP contribution in [0.5, 0.6) is 0 Å². The summed E-state index contributed by atoms with van der Waals surface area (Å²) in [5.74, 6) is 0. The maximum Gasteiger partial charge on any atom is 0.241 e. The zero-order chi connectivity index (χ0) is 27.3. The Bertz CT molecular complexity index is 1560. The van der Waals surface area contributed by atoms with Crippen molar-refractivity contribution in [2.75, 3.05) is 29.0 Å². The maximum absolute atomic E-state index is 12.9. The Morgan fingerprint density at radius 2 is 1.63 bits per heavy atom. The van der Waals surface area contributed by atoms with Crippen molar-refractivity contribution in [1.29, 1.82) is 0 Å². The first kappa shape index (κ1) is 26.6. The first-order valence-corrected chi connectivity index (χ1v) is 16.0. The van der Waals surface area contributed by atoms with E-state index in [4.69, 9.17) is 0 Å². The van der Waals surface area contributed by atoms with Crippen LogP contribution in [0.4, 0.5) is 11.4 Å². The number of hydrogen-bond donors (Lipinski definition) is 2. The molecule has 10 nitrogen and oxygen atoms in total. The van der Waals surface area contributed by atoms with Gasteiger partial charge < -0.3 is 4.90 Å². The third kappa shape index (κ3) is 6.02. The Balaban J connectivity index is 1.48. The largest absolute Gasteiger partial charge is 0.370 e. The Labute approximate surface area is 224 Å². The average Bonchev–Trinajstić information content (AvgIpc) is 3.38. The van der Waals surface area contributed by atoms with Crippen molar-refractivity contribution in [3.8, 4) is 16.9 Å². The Kier molecular flexibility index (Phi) is 6.56. The Morgan fingerprint density at radius 1 is 0.921 bits per heavy atom. The lowest BCUT2D eigenvalue weighted by atomic mass is 9.93. The second-order valence-electron chi connectivity index (χ2n) is 11.5. The van der Waals surface area contributed by atoms with E-state index in [0.29, 0.717) is 22.4 Å². The number of sulfonamides is 2. The SMILES string of the molecule is CC(C)(C)NS(=O)(=O)c1cccc(-c2cn(-c3ccc(NS(C)(=O)=O)cc3N3CCC4(CC3)CC4)nn2)c1. The summed E-state index contributed by atoms with van der Waals surface area (Å²) in [5.41, 5.74) is 3.16. The molecule has 2 aliphatic rings. The summed E-state index contributed by atoms with van der Waals surface area (Å²) in [6, 6.07) is 12.0. The fraction of sp³-hybridized carbons (Fsp3) is 0.462. The predicted octanol–water partition coefficient (Wildman–Crippen LogP) is 3.76. The molecule has 2 aromatic carbocycles. The van der Waals surface area contributed by atoms with Gasteiger partial charge in [0.05, 0.1) is 34.4 Å². The first-order valence-electron chi connectivity index (χ1n) is 12.7. The van der Waals surface area contributed by atoms with Gasteiger partial charge in [0, 0.05) is 24.2 Å². The quantitative estimate of drug-likeness (QED) is 0.452. The highest BCUT2D eigenvalue weighted by Gasteiger charge is 2.44. The summed E-state index contributed by atoms with van der Waals surface area (Å²) in [4.78, 5) is 2.43. The lowest BCUT2D eigenvalue weighted by Gasteiger charge is -2.35. The van der Waals surface area contributed by atoms with Crippen LogP contribution in [0.1, 0.15) is 46.5 Å². The summed E-state index contributed by atoms with van der Waals surface area (Å²) in [6.45, 7) is 7.15. The molecule has 1 spiro atoms.